The summed E-state index contributed by atoms with van der Waals surface area (Å²) in [5.74, 6) is 1.79. The highest BCUT2D eigenvalue weighted by Gasteiger charge is 2.19. The third kappa shape index (κ3) is 7.90. The predicted octanol–water partition coefficient (Wildman–Crippen LogP) is 2.12. The molecule has 0 aromatic rings. The molecule has 0 aromatic carbocycles. The van der Waals surface area contributed by atoms with Crippen LogP contribution < -0.4 is 10.0 Å². The SMILES string of the molecule is CNCCCCS(=O)(=O)NCCC1CCCC(C)C1. The van der Waals surface area contributed by atoms with Crippen LogP contribution in [-0.2, 0) is 10.0 Å². The highest BCUT2D eigenvalue weighted by Crippen LogP contribution is 2.30. The van der Waals surface area contributed by atoms with Crippen LogP contribution in [0.2, 0.25) is 0 Å². The molecule has 0 spiro atoms. The first-order valence-corrected chi connectivity index (χ1v) is 9.30. The van der Waals surface area contributed by atoms with E-state index in [-0.39, 0.29) is 5.75 Å². The van der Waals surface area contributed by atoms with Gasteiger partial charge in [0.1, 0.15) is 0 Å². The minimum absolute atomic E-state index is 0.260. The summed E-state index contributed by atoms with van der Waals surface area (Å²) in [4.78, 5) is 0. The van der Waals surface area contributed by atoms with Crippen LogP contribution in [0.3, 0.4) is 0 Å². The van der Waals surface area contributed by atoms with E-state index < -0.39 is 10.0 Å². The second kappa shape index (κ2) is 8.93. The minimum atomic E-state index is -3.05. The lowest BCUT2D eigenvalue weighted by Gasteiger charge is -2.26. The standard InChI is InChI=1S/C14H30N2O2S/c1-13-6-5-7-14(12-13)8-10-16-19(17,18)11-4-3-9-15-2/h13-16H,3-12H2,1-2H3. The van der Waals surface area contributed by atoms with E-state index in [1.165, 1.54) is 25.7 Å². The van der Waals surface area contributed by atoms with Crippen molar-refractivity contribution in [1.29, 1.82) is 0 Å². The average molecular weight is 290 g/mol. The summed E-state index contributed by atoms with van der Waals surface area (Å²) in [6.45, 7) is 3.80. The quantitative estimate of drug-likeness (QED) is 0.640. The zero-order chi connectivity index (χ0) is 14.1. The molecule has 1 rings (SSSR count). The third-order valence-corrected chi connectivity index (χ3v) is 5.48. The Bertz CT molecular complexity index is 330. The molecule has 0 radical (unpaired) electrons. The maximum atomic E-state index is 11.8. The summed E-state index contributed by atoms with van der Waals surface area (Å²) < 4.78 is 26.3. The van der Waals surface area contributed by atoms with Gasteiger partial charge in [0.2, 0.25) is 10.0 Å². The first kappa shape index (κ1) is 16.9. The number of unbranched alkanes of at least 4 members (excludes halogenated alkanes) is 1. The predicted molar refractivity (Wildman–Crippen MR) is 80.7 cm³/mol. The Morgan fingerprint density at radius 2 is 1.95 bits per heavy atom. The summed E-state index contributed by atoms with van der Waals surface area (Å²) in [7, 11) is -1.17. The lowest BCUT2D eigenvalue weighted by Crippen LogP contribution is -2.29. The van der Waals surface area contributed by atoms with Crippen LogP contribution in [0.4, 0.5) is 0 Å². The highest BCUT2D eigenvalue weighted by molar-refractivity contribution is 7.89. The van der Waals surface area contributed by atoms with Gasteiger partial charge in [0.05, 0.1) is 5.75 Å². The molecule has 2 atom stereocenters. The van der Waals surface area contributed by atoms with Crippen molar-refractivity contribution in [1.82, 2.24) is 10.0 Å². The molecule has 1 fully saturated rings. The second-order valence-corrected chi connectivity index (χ2v) is 7.88. The van der Waals surface area contributed by atoms with Gasteiger partial charge < -0.3 is 5.32 Å². The Morgan fingerprint density at radius 1 is 1.16 bits per heavy atom. The molecular weight excluding hydrogens is 260 g/mol. The van der Waals surface area contributed by atoms with Crippen molar-refractivity contribution in [3.05, 3.63) is 0 Å². The molecule has 0 aliphatic heterocycles. The number of nitrogens with one attached hydrogen (secondary N) is 2. The van der Waals surface area contributed by atoms with E-state index in [1.807, 2.05) is 7.05 Å². The Labute approximate surface area is 118 Å². The normalized spacial score (nSPS) is 24.5. The topological polar surface area (TPSA) is 58.2 Å². The lowest BCUT2D eigenvalue weighted by molar-refractivity contribution is 0.271. The Hall–Kier alpha value is -0.130. The van der Waals surface area contributed by atoms with E-state index >= 15 is 0 Å². The van der Waals surface area contributed by atoms with Crippen LogP contribution in [0.1, 0.15) is 51.9 Å². The highest BCUT2D eigenvalue weighted by atomic mass is 32.2. The minimum Gasteiger partial charge on any atom is -0.320 e. The molecular formula is C14H30N2O2S. The van der Waals surface area contributed by atoms with Gasteiger partial charge in [-0.3, -0.25) is 0 Å². The largest absolute Gasteiger partial charge is 0.320 e. The molecule has 0 bridgehead atoms. The molecule has 0 amide bonds. The smallest absolute Gasteiger partial charge is 0.211 e. The molecule has 1 aliphatic rings. The van der Waals surface area contributed by atoms with Gasteiger partial charge in [-0.25, -0.2) is 13.1 Å². The van der Waals surface area contributed by atoms with Gasteiger partial charge in [-0.1, -0.05) is 26.2 Å². The molecule has 4 nitrogen and oxygen atoms in total. The van der Waals surface area contributed by atoms with Crippen molar-refractivity contribution < 1.29 is 8.42 Å². The van der Waals surface area contributed by atoms with Crippen LogP contribution in [-0.4, -0.2) is 34.3 Å². The maximum Gasteiger partial charge on any atom is 0.211 e. The molecule has 2 unspecified atom stereocenters. The van der Waals surface area contributed by atoms with Gasteiger partial charge in [-0.15, -0.1) is 0 Å². The van der Waals surface area contributed by atoms with Crippen molar-refractivity contribution in [3.63, 3.8) is 0 Å². The van der Waals surface area contributed by atoms with Gasteiger partial charge in [0.25, 0.3) is 0 Å². The summed E-state index contributed by atoms with van der Waals surface area (Å²) in [5, 5.41) is 3.03. The molecule has 1 aliphatic carbocycles. The summed E-state index contributed by atoms with van der Waals surface area (Å²) in [5.41, 5.74) is 0. The van der Waals surface area contributed by atoms with E-state index in [9.17, 15) is 8.42 Å². The molecule has 2 N–H and O–H groups in total. The van der Waals surface area contributed by atoms with E-state index in [0.717, 1.165) is 37.6 Å². The number of hydrogen-bond donors (Lipinski definition) is 2. The van der Waals surface area contributed by atoms with E-state index in [2.05, 4.69) is 17.0 Å². The summed E-state index contributed by atoms with van der Waals surface area (Å²) in [6, 6.07) is 0. The van der Waals surface area contributed by atoms with Crippen LogP contribution in [0.5, 0.6) is 0 Å². The Balaban J connectivity index is 2.13. The molecule has 19 heavy (non-hydrogen) atoms. The molecule has 114 valence electrons. The van der Waals surface area contributed by atoms with Crippen molar-refractivity contribution in [2.45, 2.75) is 51.9 Å². The third-order valence-electron chi connectivity index (χ3n) is 4.01. The summed E-state index contributed by atoms with van der Waals surface area (Å²) >= 11 is 0. The Kier molecular flexibility index (Phi) is 7.95. The fraction of sp³-hybridized carbons (Fsp3) is 1.00. The number of rotatable bonds is 9. The monoisotopic (exact) mass is 290 g/mol. The zero-order valence-corrected chi connectivity index (χ0v) is 13.3. The van der Waals surface area contributed by atoms with Crippen LogP contribution in [0.15, 0.2) is 0 Å². The van der Waals surface area contributed by atoms with Crippen molar-refractivity contribution in [2.24, 2.45) is 11.8 Å². The van der Waals surface area contributed by atoms with Gasteiger partial charge in [0.15, 0.2) is 0 Å². The summed E-state index contributed by atoms with van der Waals surface area (Å²) in [6.07, 6.45) is 7.84. The number of hydrogen-bond acceptors (Lipinski definition) is 3. The van der Waals surface area contributed by atoms with Crippen LogP contribution in [0.25, 0.3) is 0 Å². The van der Waals surface area contributed by atoms with Gasteiger partial charge in [-0.05, 0) is 51.1 Å². The molecule has 1 saturated carbocycles. The van der Waals surface area contributed by atoms with Gasteiger partial charge in [0, 0.05) is 6.54 Å². The van der Waals surface area contributed by atoms with Crippen molar-refractivity contribution in [3.8, 4) is 0 Å². The molecule has 0 saturated heterocycles. The molecule has 0 aromatic heterocycles. The van der Waals surface area contributed by atoms with E-state index in [1.54, 1.807) is 0 Å². The van der Waals surface area contributed by atoms with E-state index in [0.29, 0.717) is 6.54 Å². The first-order chi connectivity index (χ1) is 9.03. The van der Waals surface area contributed by atoms with Crippen molar-refractivity contribution >= 4 is 10.0 Å². The molecule has 0 heterocycles. The van der Waals surface area contributed by atoms with E-state index in [4.69, 9.17) is 0 Å². The van der Waals surface area contributed by atoms with Gasteiger partial charge in [-0.2, -0.15) is 0 Å². The maximum absolute atomic E-state index is 11.8. The zero-order valence-electron chi connectivity index (χ0n) is 12.5. The fourth-order valence-electron chi connectivity index (χ4n) is 2.91. The fourth-order valence-corrected chi connectivity index (χ4v) is 4.06. The number of sulfonamides is 1. The lowest BCUT2D eigenvalue weighted by atomic mass is 9.81. The van der Waals surface area contributed by atoms with Crippen LogP contribution >= 0.6 is 0 Å². The van der Waals surface area contributed by atoms with Gasteiger partial charge >= 0.3 is 0 Å². The van der Waals surface area contributed by atoms with Crippen LogP contribution in [0, 0.1) is 11.8 Å². The second-order valence-electron chi connectivity index (χ2n) is 5.95. The average Bonchev–Trinajstić information content (AvgIpc) is 2.35. The first-order valence-electron chi connectivity index (χ1n) is 7.65. The Morgan fingerprint density at radius 3 is 2.63 bits per heavy atom. The molecule has 5 heteroatoms. The van der Waals surface area contributed by atoms with Crippen molar-refractivity contribution in [2.75, 3.05) is 25.9 Å².